The molecule has 1 fully saturated rings. The summed E-state index contributed by atoms with van der Waals surface area (Å²) < 4.78 is 0. The second-order valence-electron chi connectivity index (χ2n) is 5.25. The van der Waals surface area contributed by atoms with Gasteiger partial charge >= 0.3 is 0 Å². The van der Waals surface area contributed by atoms with Crippen LogP contribution < -0.4 is 10.2 Å². The molecule has 3 nitrogen and oxygen atoms in total. The lowest BCUT2D eigenvalue weighted by Gasteiger charge is -2.30. The van der Waals surface area contributed by atoms with E-state index in [1.807, 2.05) is 43.9 Å². The van der Waals surface area contributed by atoms with Crippen LogP contribution in [0, 0.1) is 6.92 Å². The number of halogens is 1. The van der Waals surface area contributed by atoms with Gasteiger partial charge in [0, 0.05) is 17.3 Å². The van der Waals surface area contributed by atoms with Gasteiger partial charge in [0.05, 0.1) is 5.54 Å². The average molecular weight is 267 g/mol. The van der Waals surface area contributed by atoms with Crippen molar-refractivity contribution >= 4 is 23.2 Å². The molecule has 0 aromatic heterocycles. The van der Waals surface area contributed by atoms with Crippen LogP contribution in [0.25, 0.3) is 0 Å². The van der Waals surface area contributed by atoms with Crippen molar-refractivity contribution in [1.82, 2.24) is 5.32 Å². The number of nitrogens with one attached hydrogen (secondary N) is 1. The van der Waals surface area contributed by atoms with Gasteiger partial charge < -0.3 is 10.2 Å². The number of benzene rings is 1. The predicted octanol–water partition coefficient (Wildman–Crippen LogP) is 2.75. The van der Waals surface area contributed by atoms with Crippen LogP contribution in [0.3, 0.4) is 0 Å². The summed E-state index contributed by atoms with van der Waals surface area (Å²) in [6.45, 7) is 7.39. The number of hydrogen-bond acceptors (Lipinski definition) is 2. The minimum Gasteiger partial charge on any atom is -0.310 e. The second-order valence-corrected chi connectivity index (χ2v) is 5.65. The average Bonchev–Trinajstić information content (AvgIpc) is 2.44. The van der Waals surface area contributed by atoms with Gasteiger partial charge in [0.2, 0.25) is 5.91 Å². The molecule has 0 saturated carbocycles. The largest absolute Gasteiger partial charge is 0.310 e. The van der Waals surface area contributed by atoms with Gasteiger partial charge in [-0.3, -0.25) is 4.79 Å². The zero-order valence-electron chi connectivity index (χ0n) is 11.1. The molecular weight excluding hydrogens is 248 g/mol. The molecule has 18 heavy (non-hydrogen) atoms. The second kappa shape index (κ2) is 4.90. The lowest BCUT2D eigenvalue weighted by atomic mass is 10.0. The van der Waals surface area contributed by atoms with Crippen LogP contribution in [0.15, 0.2) is 18.2 Å². The standard InChI is InChI=1S/C14H19ClN2O/c1-10-11(15)6-4-7-12(10)17-9-5-8-16-14(2,3)13(17)18/h4,6-7,16H,5,8-9H2,1-3H3. The van der Waals surface area contributed by atoms with Crippen LogP contribution in [-0.2, 0) is 4.79 Å². The molecule has 1 aromatic carbocycles. The molecule has 0 aliphatic carbocycles. The van der Waals surface area contributed by atoms with E-state index >= 15 is 0 Å². The van der Waals surface area contributed by atoms with Crippen molar-refractivity contribution in [2.24, 2.45) is 0 Å². The first-order chi connectivity index (χ1) is 8.43. The van der Waals surface area contributed by atoms with Crippen molar-refractivity contribution in [1.29, 1.82) is 0 Å². The number of rotatable bonds is 1. The SMILES string of the molecule is Cc1c(Cl)cccc1N1CCCNC(C)(C)C1=O. The van der Waals surface area contributed by atoms with E-state index < -0.39 is 5.54 Å². The zero-order valence-corrected chi connectivity index (χ0v) is 11.8. The van der Waals surface area contributed by atoms with E-state index in [0.717, 1.165) is 30.8 Å². The highest BCUT2D eigenvalue weighted by molar-refractivity contribution is 6.31. The Labute approximate surface area is 113 Å². The van der Waals surface area contributed by atoms with Crippen molar-refractivity contribution in [3.63, 3.8) is 0 Å². The van der Waals surface area contributed by atoms with Gasteiger partial charge in [-0.05, 0) is 51.4 Å². The normalized spacial score (nSPS) is 19.8. The van der Waals surface area contributed by atoms with Crippen LogP contribution in [-0.4, -0.2) is 24.5 Å². The molecule has 1 aliphatic heterocycles. The summed E-state index contributed by atoms with van der Waals surface area (Å²) in [5, 5.41) is 3.98. The first kappa shape index (κ1) is 13.4. The van der Waals surface area contributed by atoms with Gasteiger partial charge in [0.1, 0.15) is 0 Å². The number of anilines is 1. The van der Waals surface area contributed by atoms with Gasteiger partial charge in [-0.25, -0.2) is 0 Å². The Morgan fingerprint density at radius 2 is 2.11 bits per heavy atom. The molecule has 4 heteroatoms. The topological polar surface area (TPSA) is 32.3 Å². The molecule has 1 saturated heterocycles. The quantitative estimate of drug-likeness (QED) is 0.848. The van der Waals surface area contributed by atoms with Gasteiger partial charge in [-0.15, -0.1) is 0 Å². The Hall–Kier alpha value is -1.06. The fourth-order valence-electron chi connectivity index (χ4n) is 2.27. The molecule has 0 unspecified atom stereocenters. The summed E-state index contributed by atoms with van der Waals surface area (Å²) in [5.74, 6) is 0.102. The number of carbonyl (C=O) groups is 1. The van der Waals surface area contributed by atoms with Gasteiger partial charge in [0.15, 0.2) is 0 Å². The molecule has 0 radical (unpaired) electrons. The summed E-state index contributed by atoms with van der Waals surface area (Å²) in [6.07, 6.45) is 0.946. The molecule has 0 bridgehead atoms. The highest BCUT2D eigenvalue weighted by Crippen LogP contribution is 2.29. The molecule has 2 rings (SSSR count). The third kappa shape index (κ3) is 2.38. The Bertz CT molecular complexity index is 471. The van der Waals surface area contributed by atoms with Crippen LogP contribution >= 0.6 is 11.6 Å². The van der Waals surface area contributed by atoms with Crippen molar-refractivity contribution in [3.05, 3.63) is 28.8 Å². The maximum atomic E-state index is 12.6. The molecule has 1 aromatic rings. The lowest BCUT2D eigenvalue weighted by molar-refractivity contribution is -0.123. The third-order valence-corrected chi connectivity index (χ3v) is 3.84. The number of nitrogens with zero attached hydrogens (tertiary/aromatic N) is 1. The van der Waals surface area contributed by atoms with Crippen molar-refractivity contribution in [3.8, 4) is 0 Å². The molecule has 98 valence electrons. The molecule has 1 aliphatic rings. The summed E-state index contributed by atoms with van der Waals surface area (Å²) in [6, 6.07) is 5.70. The van der Waals surface area contributed by atoms with E-state index in [4.69, 9.17) is 11.6 Å². The first-order valence-electron chi connectivity index (χ1n) is 6.25. The monoisotopic (exact) mass is 266 g/mol. The Balaban J connectivity index is 2.42. The van der Waals surface area contributed by atoms with E-state index in [1.165, 1.54) is 0 Å². The van der Waals surface area contributed by atoms with E-state index in [1.54, 1.807) is 0 Å². The highest BCUT2D eigenvalue weighted by atomic mass is 35.5. The van der Waals surface area contributed by atoms with Crippen LogP contribution in [0.5, 0.6) is 0 Å². The van der Waals surface area contributed by atoms with E-state index in [0.29, 0.717) is 5.02 Å². The summed E-state index contributed by atoms with van der Waals surface area (Å²) in [4.78, 5) is 14.4. The van der Waals surface area contributed by atoms with E-state index in [9.17, 15) is 4.79 Å². The number of amides is 1. The van der Waals surface area contributed by atoms with Gasteiger partial charge in [-0.1, -0.05) is 17.7 Å². The number of carbonyl (C=O) groups excluding carboxylic acids is 1. The zero-order chi connectivity index (χ0) is 13.3. The smallest absolute Gasteiger partial charge is 0.246 e. The van der Waals surface area contributed by atoms with Crippen molar-refractivity contribution in [2.75, 3.05) is 18.0 Å². The molecule has 0 spiro atoms. The van der Waals surface area contributed by atoms with Gasteiger partial charge in [0.25, 0.3) is 0 Å². The number of hydrogen-bond donors (Lipinski definition) is 1. The van der Waals surface area contributed by atoms with Crippen LogP contribution in [0.2, 0.25) is 5.02 Å². The summed E-state index contributed by atoms with van der Waals surface area (Å²) in [7, 11) is 0. The molecule has 1 amide bonds. The molecule has 1 heterocycles. The molecular formula is C14H19ClN2O. The minimum atomic E-state index is -0.523. The highest BCUT2D eigenvalue weighted by Gasteiger charge is 2.34. The summed E-state index contributed by atoms with van der Waals surface area (Å²) in [5.41, 5.74) is 1.36. The van der Waals surface area contributed by atoms with E-state index in [-0.39, 0.29) is 5.91 Å². The van der Waals surface area contributed by atoms with Crippen molar-refractivity contribution < 1.29 is 4.79 Å². The van der Waals surface area contributed by atoms with Crippen molar-refractivity contribution in [2.45, 2.75) is 32.7 Å². The van der Waals surface area contributed by atoms with E-state index in [2.05, 4.69) is 5.32 Å². The lowest BCUT2D eigenvalue weighted by Crippen LogP contribution is -2.52. The third-order valence-electron chi connectivity index (χ3n) is 3.44. The molecule has 1 N–H and O–H groups in total. The van der Waals surface area contributed by atoms with Crippen LogP contribution in [0.1, 0.15) is 25.8 Å². The van der Waals surface area contributed by atoms with Gasteiger partial charge in [-0.2, -0.15) is 0 Å². The minimum absolute atomic E-state index is 0.102. The fourth-order valence-corrected chi connectivity index (χ4v) is 2.44. The maximum Gasteiger partial charge on any atom is 0.246 e. The molecule has 0 atom stereocenters. The summed E-state index contributed by atoms with van der Waals surface area (Å²) >= 11 is 6.14. The predicted molar refractivity (Wildman–Crippen MR) is 75.2 cm³/mol. The fraction of sp³-hybridized carbons (Fsp3) is 0.500. The maximum absolute atomic E-state index is 12.6. The van der Waals surface area contributed by atoms with Crippen LogP contribution in [0.4, 0.5) is 5.69 Å². The Morgan fingerprint density at radius 3 is 2.83 bits per heavy atom. The Morgan fingerprint density at radius 1 is 1.39 bits per heavy atom. The Kier molecular flexibility index (Phi) is 3.64. The first-order valence-corrected chi connectivity index (χ1v) is 6.63.